The van der Waals surface area contributed by atoms with Crippen LogP contribution >= 0.6 is 0 Å². The van der Waals surface area contributed by atoms with Crippen LogP contribution in [0.15, 0.2) is 0 Å². The first-order chi connectivity index (χ1) is 5.58. The van der Waals surface area contributed by atoms with Crippen molar-refractivity contribution in [3.05, 3.63) is 0 Å². The second-order valence-corrected chi connectivity index (χ2v) is 12.6. The average Bonchev–Trinajstić information content (AvgIpc) is 2.36. The van der Waals surface area contributed by atoms with Gasteiger partial charge in [-0.25, -0.2) is 0 Å². The van der Waals surface area contributed by atoms with Crippen LogP contribution in [-0.4, -0.2) is 45.0 Å². The third-order valence-corrected chi connectivity index (χ3v) is 3.60. The van der Waals surface area contributed by atoms with E-state index in [0.717, 1.165) is 4.66 Å². The zero-order valence-electron chi connectivity index (χ0n) is 8.90. The number of hydrogen-bond donors (Lipinski definition) is 0. The molecule has 1 nitrogen and oxygen atoms in total. The molecule has 0 aromatic heterocycles. The molecular weight excluding hydrogens is 178 g/mol. The Kier molecular flexibility index (Phi) is 4.00. The molecule has 1 rings (SSSR count). The van der Waals surface area contributed by atoms with Crippen molar-refractivity contribution in [2.45, 2.75) is 37.3 Å². The average molecular weight is 201 g/mol. The first-order valence-electron chi connectivity index (χ1n) is 5.30. The van der Waals surface area contributed by atoms with Crippen molar-refractivity contribution in [3.8, 4) is 0 Å². The Morgan fingerprint density at radius 3 is 2.33 bits per heavy atom. The summed E-state index contributed by atoms with van der Waals surface area (Å²) in [7, 11) is 2.80. The monoisotopic (exact) mass is 201 g/mol. The van der Waals surface area contributed by atoms with E-state index < -0.39 is 0 Å². The fourth-order valence-electron chi connectivity index (χ4n) is 1.84. The van der Waals surface area contributed by atoms with E-state index in [2.05, 4.69) is 11.8 Å². The van der Waals surface area contributed by atoms with E-state index in [1.165, 1.54) is 65.8 Å². The van der Waals surface area contributed by atoms with Gasteiger partial charge in [0.05, 0.1) is 0 Å². The van der Waals surface area contributed by atoms with Crippen LogP contribution in [0.3, 0.4) is 0 Å². The summed E-state index contributed by atoms with van der Waals surface area (Å²) < 4.78 is 0.805. The van der Waals surface area contributed by atoms with Crippen LogP contribution in [-0.2, 0) is 0 Å². The van der Waals surface area contributed by atoms with E-state index in [1.807, 2.05) is 0 Å². The Labute approximate surface area is 82.8 Å². The summed E-state index contributed by atoms with van der Waals surface area (Å²) in [6, 6.07) is 0. The lowest BCUT2D eigenvalue weighted by atomic mass is 10.2. The van der Waals surface area contributed by atoms with Crippen molar-refractivity contribution in [3.63, 3.8) is 0 Å². The van der Waals surface area contributed by atoms with Crippen molar-refractivity contribution in [1.29, 1.82) is 0 Å². The minimum atomic E-state index is 0.805. The fourth-order valence-corrected chi connectivity index (χ4v) is 2.55. The van der Waals surface area contributed by atoms with E-state index in [9.17, 15) is 0 Å². The Balaban J connectivity index is 2.02. The number of rotatable bonds is 4. The molecule has 1 aliphatic rings. The quantitative estimate of drug-likeness (QED) is 0.566. The third kappa shape index (κ3) is 4.43. The summed E-state index contributed by atoms with van der Waals surface area (Å²) in [4.78, 5) is 2.63. The maximum absolute atomic E-state index is 2.63. The maximum Gasteiger partial charge on any atom is 0.00589 e. The van der Waals surface area contributed by atoms with Crippen LogP contribution in [0.1, 0.15) is 32.6 Å². The van der Waals surface area contributed by atoms with Gasteiger partial charge in [-0.2, -0.15) is 0 Å². The predicted molar refractivity (Wildman–Crippen MR) is 63.2 cm³/mol. The molecule has 1 fully saturated rings. The Morgan fingerprint density at radius 1 is 1.25 bits per heavy atom. The van der Waals surface area contributed by atoms with Gasteiger partial charge in [-0.1, -0.05) is 18.0 Å². The Morgan fingerprint density at radius 2 is 1.83 bits per heavy atom. The van der Waals surface area contributed by atoms with Gasteiger partial charge in [0.15, 0.2) is 0 Å². The highest BCUT2D eigenvalue weighted by atomic mass is 28.2. The van der Waals surface area contributed by atoms with Gasteiger partial charge in [0.1, 0.15) is 0 Å². The fraction of sp³-hybridized carbons (Fsp3) is 1.00. The molecule has 0 amide bonds. The zero-order valence-corrected chi connectivity index (χ0v) is 12.9. The molecule has 3 heteroatoms. The molecule has 0 radical (unpaired) electrons. The van der Waals surface area contributed by atoms with E-state index in [0.29, 0.717) is 0 Å². The Hall–Kier alpha value is 0.394. The summed E-state index contributed by atoms with van der Waals surface area (Å²) in [5.41, 5.74) is 0. The van der Waals surface area contributed by atoms with E-state index in [1.54, 1.807) is 0 Å². The van der Waals surface area contributed by atoms with Gasteiger partial charge in [-0.05, 0) is 38.9 Å². The lowest BCUT2D eigenvalue weighted by Crippen LogP contribution is -2.21. The first-order valence-corrected chi connectivity index (χ1v) is 7.30. The molecular formula is C9H23NSi2. The van der Waals surface area contributed by atoms with Gasteiger partial charge in [-0.3, -0.25) is 0 Å². The van der Waals surface area contributed by atoms with E-state index in [-0.39, 0.29) is 0 Å². The van der Waals surface area contributed by atoms with Gasteiger partial charge in [0.25, 0.3) is 0 Å². The second-order valence-electron chi connectivity index (χ2n) is 5.21. The van der Waals surface area contributed by atoms with Gasteiger partial charge >= 0.3 is 0 Å². The maximum atomic E-state index is 2.63. The molecule has 0 aromatic carbocycles. The van der Waals surface area contributed by atoms with Crippen molar-refractivity contribution in [1.82, 2.24) is 4.90 Å². The number of likely N-dealkylation sites (tertiary alicyclic amines) is 1. The molecule has 0 bridgehead atoms. The minimum Gasteiger partial charge on any atom is -0.303 e. The lowest BCUT2D eigenvalue weighted by Gasteiger charge is -2.20. The molecule has 0 N–H and O–H groups in total. The lowest BCUT2D eigenvalue weighted by molar-refractivity contribution is 0.328. The minimum absolute atomic E-state index is 0.805. The van der Waals surface area contributed by atoms with Crippen LogP contribution in [0, 0.1) is 0 Å². The van der Waals surface area contributed by atoms with E-state index >= 15 is 0 Å². The summed E-state index contributed by atoms with van der Waals surface area (Å²) >= 11 is 0. The summed E-state index contributed by atoms with van der Waals surface area (Å²) in [6.45, 7) is 6.58. The van der Waals surface area contributed by atoms with Crippen LogP contribution in [0.4, 0.5) is 0 Å². The molecule has 0 aromatic rings. The standard InChI is InChI=1S/C9H23NSi2/c1-9(11,12)5-4-8-10-6-2-3-7-10/h2-8H2,1,11-12H3. The molecule has 12 heavy (non-hydrogen) atoms. The third-order valence-electron chi connectivity index (χ3n) is 2.60. The largest absolute Gasteiger partial charge is 0.303 e. The van der Waals surface area contributed by atoms with Crippen molar-refractivity contribution in [2.24, 2.45) is 0 Å². The van der Waals surface area contributed by atoms with Gasteiger partial charge in [0, 0.05) is 20.5 Å². The molecule has 1 aliphatic heterocycles. The van der Waals surface area contributed by atoms with Crippen LogP contribution < -0.4 is 0 Å². The number of nitrogens with zero attached hydrogens (tertiary/aromatic N) is 1. The molecule has 1 saturated heterocycles. The molecule has 1 heterocycles. The van der Waals surface area contributed by atoms with Crippen molar-refractivity contribution < 1.29 is 0 Å². The molecule has 0 atom stereocenters. The van der Waals surface area contributed by atoms with Crippen LogP contribution in [0.5, 0.6) is 0 Å². The van der Waals surface area contributed by atoms with Crippen LogP contribution in [0.2, 0.25) is 4.66 Å². The van der Waals surface area contributed by atoms with E-state index in [4.69, 9.17) is 0 Å². The highest BCUT2D eigenvalue weighted by molar-refractivity contribution is 6.39. The summed E-state index contributed by atoms with van der Waals surface area (Å²) in [5, 5.41) is 0. The normalized spacial score (nSPS) is 24.8. The molecule has 0 aliphatic carbocycles. The SMILES string of the molecule is CC([SiH3])([SiH3])CCCN1CCCC1. The van der Waals surface area contributed by atoms with Gasteiger partial charge < -0.3 is 4.90 Å². The highest BCUT2D eigenvalue weighted by Crippen LogP contribution is 2.21. The van der Waals surface area contributed by atoms with Gasteiger partial charge in [0.2, 0.25) is 0 Å². The summed E-state index contributed by atoms with van der Waals surface area (Å²) in [5.74, 6) is 0. The van der Waals surface area contributed by atoms with Crippen molar-refractivity contribution in [2.75, 3.05) is 19.6 Å². The first kappa shape index (κ1) is 10.5. The molecule has 72 valence electrons. The zero-order chi connectivity index (χ0) is 9.03. The predicted octanol–water partition coefficient (Wildman–Crippen LogP) is -0.271. The van der Waals surface area contributed by atoms with Crippen molar-refractivity contribution >= 4 is 20.5 Å². The smallest absolute Gasteiger partial charge is 0.00589 e. The van der Waals surface area contributed by atoms with Gasteiger partial charge in [-0.15, -0.1) is 0 Å². The molecule has 0 saturated carbocycles. The second kappa shape index (κ2) is 4.58. The topological polar surface area (TPSA) is 3.24 Å². The molecule has 0 unspecified atom stereocenters. The Bertz CT molecular complexity index is 125. The summed E-state index contributed by atoms with van der Waals surface area (Å²) in [6.07, 6.45) is 5.82. The highest BCUT2D eigenvalue weighted by Gasteiger charge is 2.13. The van der Waals surface area contributed by atoms with Crippen LogP contribution in [0.25, 0.3) is 0 Å². The molecule has 0 spiro atoms. The number of hydrogen-bond acceptors (Lipinski definition) is 1.